The maximum Gasteiger partial charge on any atom is 0.418 e. The highest BCUT2D eigenvalue weighted by Gasteiger charge is 2.42. The van der Waals surface area contributed by atoms with E-state index < -0.39 is 11.7 Å². The van der Waals surface area contributed by atoms with Gasteiger partial charge in [0.2, 0.25) is 0 Å². The van der Waals surface area contributed by atoms with Gasteiger partial charge in [0.1, 0.15) is 0 Å². The van der Waals surface area contributed by atoms with Gasteiger partial charge in [0, 0.05) is 36.5 Å². The number of nitrogens with zero attached hydrogens (tertiary/aromatic N) is 4. The monoisotopic (exact) mass is 507 g/mol. The van der Waals surface area contributed by atoms with E-state index in [2.05, 4.69) is 20.2 Å². The molecule has 2 unspecified atom stereocenters. The molecule has 4 heterocycles. The molecule has 1 N–H and O–H groups in total. The molecule has 36 heavy (non-hydrogen) atoms. The van der Waals surface area contributed by atoms with Crippen molar-refractivity contribution in [2.24, 2.45) is 0 Å². The number of benzene rings is 1. The maximum atomic E-state index is 13.9. The molecule has 1 saturated heterocycles. The van der Waals surface area contributed by atoms with Crippen molar-refractivity contribution >= 4 is 17.3 Å². The van der Waals surface area contributed by atoms with Crippen LogP contribution in [0.25, 0.3) is 5.69 Å². The van der Waals surface area contributed by atoms with Gasteiger partial charge in [-0.2, -0.15) is 13.2 Å². The molecule has 5 rings (SSSR count). The number of pyridine rings is 2. The summed E-state index contributed by atoms with van der Waals surface area (Å²) in [7, 11) is 0. The maximum absolute atomic E-state index is 13.9. The van der Waals surface area contributed by atoms with Crippen LogP contribution in [0.3, 0.4) is 0 Å². The van der Waals surface area contributed by atoms with Gasteiger partial charge in [-0.3, -0.25) is 9.97 Å². The standard InChI is InChI=1S/C27H24F3N5S/c1-17-15-20(18(2)35(17)23-9-4-3-7-21(23)27(28,29)30)25-24(22-8-5-6-12-32-22)33-26(36)34(25)16-19-10-13-31-14-11-19/h3-15,24-25H,16H2,1-2H3,(H,33,36). The van der Waals surface area contributed by atoms with Gasteiger partial charge in [0.05, 0.1) is 29.0 Å². The lowest BCUT2D eigenvalue weighted by Gasteiger charge is -2.28. The number of thiocarbonyl (C=S) groups is 1. The predicted octanol–water partition coefficient (Wildman–Crippen LogP) is 6.08. The van der Waals surface area contributed by atoms with Crippen molar-refractivity contribution in [3.05, 3.63) is 113 Å². The molecule has 1 aromatic carbocycles. The molecule has 4 aromatic rings. The summed E-state index contributed by atoms with van der Waals surface area (Å²) in [5, 5.41) is 3.97. The molecule has 0 amide bonds. The Balaban J connectivity index is 1.65. The number of alkyl halides is 3. The second-order valence-electron chi connectivity index (χ2n) is 8.79. The van der Waals surface area contributed by atoms with Crippen LogP contribution in [0, 0.1) is 13.8 Å². The molecule has 0 bridgehead atoms. The van der Waals surface area contributed by atoms with Gasteiger partial charge < -0.3 is 14.8 Å². The van der Waals surface area contributed by atoms with Crippen LogP contribution < -0.4 is 5.32 Å². The van der Waals surface area contributed by atoms with Crippen molar-refractivity contribution in [1.82, 2.24) is 24.8 Å². The molecule has 0 radical (unpaired) electrons. The highest BCUT2D eigenvalue weighted by atomic mass is 32.1. The summed E-state index contributed by atoms with van der Waals surface area (Å²) in [6.45, 7) is 4.20. The smallest absolute Gasteiger partial charge is 0.352 e. The predicted molar refractivity (Wildman–Crippen MR) is 135 cm³/mol. The fourth-order valence-electron chi connectivity index (χ4n) is 4.97. The van der Waals surface area contributed by atoms with E-state index in [1.165, 1.54) is 12.1 Å². The van der Waals surface area contributed by atoms with Crippen molar-refractivity contribution in [2.45, 2.75) is 38.7 Å². The van der Waals surface area contributed by atoms with E-state index in [0.29, 0.717) is 17.4 Å². The first-order chi connectivity index (χ1) is 17.3. The molecular weight excluding hydrogens is 483 g/mol. The Hall–Kier alpha value is -3.72. The van der Waals surface area contributed by atoms with Crippen LogP contribution >= 0.6 is 12.2 Å². The number of halogens is 3. The quantitative estimate of drug-likeness (QED) is 0.332. The van der Waals surface area contributed by atoms with E-state index in [-0.39, 0.29) is 17.8 Å². The highest BCUT2D eigenvalue weighted by Crippen LogP contribution is 2.43. The normalized spacial score (nSPS) is 17.9. The lowest BCUT2D eigenvalue weighted by atomic mass is 9.96. The van der Waals surface area contributed by atoms with Crippen molar-refractivity contribution in [1.29, 1.82) is 0 Å². The van der Waals surface area contributed by atoms with Gasteiger partial charge in [-0.1, -0.05) is 18.2 Å². The molecule has 1 aliphatic rings. The fourth-order valence-corrected chi connectivity index (χ4v) is 5.27. The van der Waals surface area contributed by atoms with Gasteiger partial charge in [0.25, 0.3) is 0 Å². The summed E-state index contributed by atoms with van der Waals surface area (Å²) in [6.07, 6.45) is 0.714. The Morgan fingerprint density at radius 3 is 2.39 bits per heavy atom. The van der Waals surface area contributed by atoms with Crippen LogP contribution in [0.4, 0.5) is 13.2 Å². The average Bonchev–Trinajstić information content (AvgIpc) is 3.34. The molecule has 9 heteroatoms. The van der Waals surface area contributed by atoms with E-state index in [1.807, 2.05) is 50.2 Å². The highest BCUT2D eigenvalue weighted by molar-refractivity contribution is 7.80. The van der Waals surface area contributed by atoms with Crippen LogP contribution in [-0.2, 0) is 12.7 Å². The molecule has 5 nitrogen and oxygen atoms in total. The molecule has 0 aliphatic carbocycles. The topological polar surface area (TPSA) is 46.0 Å². The third kappa shape index (κ3) is 4.35. The number of hydrogen-bond acceptors (Lipinski definition) is 3. The minimum Gasteiger partial charge on any atom is -0.352 e. The van der Waals surface area contributed by atoms with E-state index in [1.54, 1.807) is 29.2 Å². The van der Waals surface area contributed by atoms with E-state index in [0.717, 1.165) is 28.6 Å². The second-order valence-corrected chi connectivity index (χ2v) is 9.17. The molecule has 0 spiro atoms. The van der Waals surface area contributed by atoms with Crippen molar-refractivity contribution in [3.63, 3.8) is 0 Å². The third-order valence-electron chi connectivity index (χ3n) is 6.54. The summed E-state index contributed by atoms with van der Waals surface area (Å²) >= 11 is 5.76. The van der Waals surface area contributed by atoms with Gasteiger partial charge >= 0.3 is 6.18 Å². The first-order valence-electron chi connectivity index (χ1n) is 11.5. The van der Waals surface area contributed by atoms with Crippen molar-refractivity contribution in [2.75, 3.05) is 0 Å². The van der Waals surface area contributed by atoms with Crippen molar-refractivity contribution in [3.8, 4) is 5.69 Å². The Labute approximate surface area is 212 Å². The van der Waals surface area contributed by atoms with Crippen LogP contribution in [0.5, 0.6) is 0 Å². The minimum atomic E-state index is -4.47. The van der Waals surface area contributed by atoms with Crippen LogP contribution in [0.15, 0.2) is 79.3 Å². The molecule has 1 fully saturated rings. The molecule has 0 saturated carbocycles. The third-order valence-corrected chi connectivity index (χ3v) is 6.89. The molecule has 3 aromatic heterocycles. The summed E-state index contributed by atoms with van der Waals surface area (Å²) in [4.78, 5) is 10.7. The minimum absolute atomic E-state index is 0.106. The van der Waals surface area contributed by atoms with E-state index in [4.69, 9.17) is 12.2 Å². The number of aromatic nitrogens is 3. The van der Waals surface area contributed by atoms with Crippen LogP contribution in [0.2, 0.25) is 0 Å². The second kappa shape index (κ2) is 9.39. The lowest BCUT2D eigenvalue weighted by Crippen LogP contribution is -2.29. The van der Waals surface area contributed by atoms with Gasteiger partial charge in [-0.05, 0) is 79.7 Å². The van der Waals surface area contributed by atoms with Crippen molar-refractivity contribution < 1.29 is 13.2 Å². The summed E-state index contributed by atoms with van der Waals surface area (Å²) in [5.41, 5.74) is 3.59. The SMILES string of the molecule is Cc1cc(C2C(c3ccccn3)NC(=S)N2Cc2ccncc2)c(C)n1-c1ccccc1C(F)(F)F. The zero-order valence-corrected chi connectivity index (χ0v) is 20.5. The van der Waals surface area contributed by atoms with Crippen LogP contribution in [0.1, 0.15) is 45.9 Å². The summed E-state index contributed by atoms with van der Waals surface area (Å²) in [6, 6.07) is 16.6. The van der Waals surface area contributed by atoms with E-state index >= 15 is 0 Å². The summed E-state index contributed by atoms with van der Waals surface area (Å²) < 4.78 is 43.3. The van der Waals surface area contributed by atoms with Gasteiger partial charge in [-0.25, -0.2) is 0 Å². The average molecular weight is 508 g/mol. The summed E-state index contributed by atoms with van der Waals surface area (Å²) in [5.74, 6) is 0. The number of hydrogen-bond donors (Lipinski definition) is 1. The number of aryl methyl sites for hydroxylation is 1. The number of nitrogens with one attached hydrogen (secondary N) is 1. The Morgan fingerprint density at radius 1 is 0.972 bits per heavy atom. The first-order valence-corrected chi connectivity index (χ1v) is 11.9. The number of rotatable bonds is 5. The van der Waals surface area contributed by atoms with E-state index in [9.17, 15) is 13.2 Å². The Kier molecular flexibility index (Phi) is 6.26. The molecule has 2 atom stereocenters. The largest absolute Gasteiger partial charge is 0.418 e. The first kappa shape index (κ1) is 24.0. The van der Waals surface area contributed by atoms with Gasteiger partial charge in [0.15, 0.2) is 5.11 Å². The fraction of sp³-hybridized carbons (Fsp3) is 0.222. The molecule has 1 aliphatic heterocycles. The lowest BCUT2D eigenvalue weighted by molar-refractivity contribution is -0.137. The zero-order chi connectivity index (χ0) is 25.4. The van der Waals surface area contributed by atoms with Crippen LogP contribution in [-0.4, -0.2) is 24.5 Å². The number of para-hydroxylation sites is 1. The molecular formula is C27H24F3N5S. The zero-order valence-electron chi connectivity index (χ0n) is 19.7. The molecule has 184 valence electrons. The Morgan fingerprint density at radius 2 is 1.69 bits per heavy atom. The Bertz CT molecular complexity index is 1390. The van der Waals surface area contributed by atoms with Gasteiger partial charge in [-0.15, -0.1) is 0 Å².